The summed E-state index contributed by atoms with van der Waals surface area (Å²) in [6.45, 7) is 4.59. The van der Waals surface area contributed by atoms with Gasteiger partial charge in [0.15, 0.2) is 0 Å². The van der Waals surface area contributed by atoms with Crippen molar-refractivity contribution in [2.24, 2.45) is 5.41 Å². The molecule has 1 aromatic heterocycles. The van der Waals surface area contributed by atoms with E-state index in [1.165, 1.54) is 12.8 Å². The standard InChI is InChI=1S/C18H24N2O/c1-18(2)9-5-6-14(11-18)20-17(21)10-13-12-19-16-8-4-3-7-15(13)16/h3-4,7-8,12,14,19H,5-6,9-11H2,1-2H3,(H,20,21). The quantitative estimate of drug-likeness (QED) is 0.884. The topological polar surface area (TPSA) is 44.9 Å². The van der Waals surface area contributed by atoms with E-state index in [-0.39, 0.29) is 5.91 Å². The zero-order chi connectivity index (χ0) is 14.9. The van der Waals surface area contributed by atoms with Gasteiger partial charge < -0.3 is 10.3 Å². The third-order valence-electron chi connectivity index (χ3n) is 4.60. The molecule has 0 spiro atoms. The molecule has 1 unspecified atom stereocenters. The molecule has 3 rings (SSSR count). The van der Waals surface area contributed by atoms with Gasteiger partial charge in [0.2, 0.25) is 5.91 Å². The maximum Gasteiger partial charge on any atom is 0.224 e. The van der Waals surface area contributed by atoms with Crippen LogP contribution in [0.5, 0.6) is 0 Å². The Morgan fingerprint density at radius 1 is 1.38 bits per heavy atom. The molecule has 1 heterocycles. The normalized spacial score (nSPS) is 21.3. The lowest BCUT2D eigenvalue weighted by Gasteiger charge is -2.35. The minimum Gasteiger partial charge on any atom is -0.361 e. The first-order valence-corrected chi connectivity index (χ1v) is 7.88. The number of carbonyl (C=O) groups is 1. The molecule has 21 heavy (non-hydrogen) atoms. The number of hydrogen-bond acceptors (Lipinski definition) is 1. The van der Waals surface area contributed by atoms with Crippen LogP contribution in [0, 0.1) is 5.41 Å². The molecule has 0 saturated heterocycles. The summed E-state index contributed by atoms with van der Waals surface area (Å²) in [5, 5.41) is 4.37. The first kappa shape index (κ1) is 14.2. The molecule has 3 nitrogen and oxygen atoms in total. The van der Waals surface area contributed by atoms with Crippen LogP contribution in [0.2, 0.25) is 0 Å². The minimum absolute atomic E-state index is 0.141. The molecule has 1 aromatic carbocycles. The number of amides is 1. The maximum absolute atomic E-state index is 12.3. The van der Waals surface area contributed by atoms with E-state index in [1.54, 1.807) is 0 Å². The summed E-state index contributed by atoms with van der Waals surface area (Å²) >= 11 is 0. The fourth-order valence-electron chi connectivity index (χ4n) is 3.55. The summed E-state index contributed by atoms with van der Waals surface area (Å²) in [6, 6.07) is 8.47. The van der Waals surface area contributed by atoms with Crippen molar-refractivity contribution in [2.75, 3.05) is 0 Å². The van der Waals surface area contributed by atoms with Crippen LogP contribution < -0.4 is 5.32 Å². The van der Waals surface area contributed by atoms with Gasteiger partial charge in [-0.05, 0) is 36.3 Å². The molecule has 0 bridgehead atoms. The van der Waals surface area contributed by atoms with E-state index in [2.05, 4.69) is 30.2 Å². The summed E-state index contributed by atoms with van der Waals surface area (Å²) < 4.78 is 0. The van der Waals surface area contributed by atoms with Crippen LogP contribution >= 0.6 is 0 Å². The molecule has 1 atom stereocenters. The average molecular weight is 284 g/mol. The van der Waals surface area contributed by atoms with E-state index in [9.17, 15) is 4.79 Å². The van der Waals surface area contributed by atoms with Crippen molar-refractivity contribution in [3.05, 3.63) is 36.0 Å². The smallest absolute Gasteiger partial charge is 0.224 e. The van der Waals surface area contributed by atoms with Crippen molar-refractivity contribution in [2.45, 2.75) is 52.0 Å². The molecular weight excluding hydrogens is 260 g/mol. The second-order valence-corrected chi connectivity index (χ2v) is 7.06. The van der Waals surface area contributed by atoms with Gasteiger partial charge in [-0.15, -0.1) is 0 Å². The van der Waals surface area contributed by atoms with Gasteiger partial charge in [0.25, 0.3) is 0 Å². The number of nitrogens with one attached hydrogen (secondary N) is 2. The monoisotopic (exact) mass is 284 g/mol. The van der Waals surface area contributed by atoms with Crippen LogP contribution in [-0.4, -0.2) is 16.9 Å². The molecule has 1 aliphatic carbocycles. The van der Waals surface area contributed by atoms with Crippen LogP contribution in [0.15, 0.2) is 30.5 Å². The van der Waals surface area contributed by atoms with E-state index in [4.69, 9.17) is 0 Å². The Morgan fingerprint density at radius 2 is 2.19 bits per heavy atom. The summed E-state index contributed by atoms with van der Waals surface area (Å²) in [4.78, 5) is 15.5. The Bertz CT molecular complexity index is 641. The molecule has 1 fully saturated rings. The Labute approximate surface area is 126 Å². The highest BCUT2D eigenvalue weighted by Crippen LogP contribution is 2.35. The second kappa shape index (κ2) is 5.55. The molecule has 0 radical (unpaired) electrons. The van der Waals surface area contributed by atoms with Crippen molar-refractivity contribution in [3.63, 3.8) is 0 Å². The van der Waals surface area contributed by atoms with Crippen molar-refractivity contribution in [3.8, 4) is 0 Å². The summed E-state index contributed by atoms with van der Waals surface area (Å²) in [6.07, 6.45) is 7.10. The van der Waals surface area contributed by atoms with E-state index in [0.29, 0.717) is 17.9 Å². The first-order valence-electron chi connectivity index (χ1n) is 7.88. The van der Waals surface area contributed by atoms with Gasteiger partial charge in [0.1, 0.15) is 0 Å². The van der Waals surface area contributed by atoms with Gasteiger partial charge in [-0.25, -0.2) is 0 Å². The molecule has 0 aliphatic heterocycles. The SMILES string of the molecule is CC1(C)CCCC(NC(=O)Cc2c[nH]c3ccccc23)C1. The maximum atomic E-state index is 12.3. The highest BCUT2D eigenvalue weighted by molar-refractivity contribution is 5.88. The van der Waals surface area contributed by atoms with Crippen LogP contribution in [0.1, 0.15) is 45.1 Å². The molecule has 1 saturated carbocycles. The van der Waals surface area contributed by atoms with E-state index >= 15 is 0 Å². The summed E-state index contributed by atoms with van der Waals surface area (Å²) in [5.41, 5.74) is 2.54. The fourth-order valence-corrected chi connectivity index (χ4v) is 3.55. The largest absolute Gasteiger partial charge is 0.361 e. The highest BCUT2D eigenvalue weighted by Gasteiger charge is 2.28. The Morgan fingerprint density at radius 3 is 3.00 bits per heavy atom. The summed E-state index contributed by atoms with van der Waals surface area (Å²) in [5.74, 6) is 0.141. The zero-order valence-corrected chi connectivity index (χ0v) is 12.9. The average Bonchev–Trinajstić information content (AvgIpc) is 2.81. The number of rotatable bonds is 3. The van der Waals surface area contributed by atoms with E-state index < -0.39 is 0 Å². The lowest BCUT2D eigenvalue weighted by molar-refractivity contribution is -0.121. The molecule has 1 amide bonds. The van der Waals surface area contributed by atoms with Crippen LogP contribution in [0.3, 0.4) is 0 Å². The molecule has 112 valence electrons. The number of fused-ring (bicyclic) bond motifs is 1. The lowest BCUT2D eigenvalue weighted by atomic mass is 9.75. The molecule has 1 aliphatic rings. The van der Waals surface area contributed by atoms with E-state index in [0.717, 1.165) is 29.3 Å². The first-order chi connectivity index (χ1) is 10.0. The molecule has 2 N–H and O–H groups in total. The van der Waals surface area contributed by atoms with E-state index in [1.807, 2.05) is 24.4 Å². The van der Waals surface area contributed by atoms with Crippen molar-refractivity contribution >= 4 is 16.8 Å². The van der Waals surface area contributed by atoms with Crippen LogP contribution in [-0.2, 0) is 11.2 Å². The number of H-pyrrole nitrogens is 1. The van der Waals surface area contributed by atoms with Gasteiger partial charge >= 0.3 is 0 Å². The van der Waals surface area contributed by atoms with Crippen molar-refractivity contribution in [1.82, 2.24) is 10.3 Å². The number of carbonyl (C=O) groups excluding carboxylic acids is 1. The summed E-state index contributed by atoms with van der Waals surface area (Å²) in [7, 11) is 0. The van der Waals surface area contributed by atoms with Gasteiger partial charge in [-0.3, -0.25) is 4.79 Å². The van der Waals surface area contributed by atoms with Gasteiger partial charge in [-0.1, -0.05) is 38.5 Å². The minimum atomic E-state index is 0.141. The number of hydrogen-bond donors (Lipinski definition) is 2. The number of para-hydroxylation sites is 1. The number of aromatic amines is 1. The molecule has 2 aromatic rings. The highest BCUT2D eigenvalue weighted by atomic mass is 16.1. The third-order valence-corrected chi connectivity index (χ3v) is 4.60. The van der Waals surface area contributed by atoms with Crippen LogP contribution in [0.4, 0.5) is 0 Å². The van der Waals surface area contributed by atoms with Gasteiger partial charge in [-0.2, -0.15) is 0 Å². The fraction of sp³-hybridized carbons (Fsp3) is 0.500. The Kier molecular flexibility index (Phi) is 3.75. The van der Waals surface area contributed by atoms with Gasteiger partial charge in [0.05, 0.1) is 6.42 Å². The predicted molar refractivity (Wildman–Crippen MR) is 86.2 cm³/mol. The third kappa shape index (κ3) is 3.29. The molecule has 3 heteroatoms. The molecular formula is C18H24N2O. The zero-order valence-electron chi connectivity index (χ0n) is 12.9. The van der Waals surface area contributed by atoms with Crippen LogP contribution in [0.25, 0.3) is 10.9 Å². The lowest BCUT2D eigenvalue weighted by Crippen LogP contribution is -2.41. The predicted octanol–water partition coefficient (Wildman–Crippen LogP) is 3.80. The van der Waals surface area contributed by atoms with Gasteiger partial charge in [0, 0.05) is 23.1 Å². The Hall–Kier alpha value is -1.77. The van der Waals surface area contributed by atoms with Crippen molar-refractivity contribution in [1.29, 1.82) is 0 Å². The van der Waals surface area contributed by atoms with Crippen molar-refractivity contribution < 1.29 is 4.79 Å². The number of benzene rings is 1. The Balaban J connectivity index is 1.64. The second-order valence-electron chi connectivity index (χ2n) is 7.06. The number of aromatic nitrogens is 1.